The van der Waals surface area contributed by atoms with Crippen LogP contribution in [0.2, 0.25) is 0 Å². The Morgan fingerprint density at radius 3 is 2.43 bits per heavy atom. The summed E-state index contributed by atoms with van der Waals surface area (Å²) in [5.74, 6) is 0. The zero-order chi connectivity index (χ0) is 16.2. The van der Waals surface area contributed by atoms with Gasteiger partial charge in [0.25, 0.3) is 0 Å². The Balaban J connectivity index is 2.78. The van der Waals surface area contributed by atoms with Crippen LogP contribution in [0.3, 0.4) is 0 Å². The second-order valence-corrected chi connectivity index (χ2v) is 7.03. The first-order chi connectivity index (χ1) is 9.76. The molecule has 0 bridgehead atoms. The minimum absolute atomic E-state index is 0.107. The van der Waals surface area contributed by atoms with Crippen LogP contribution in [0.4, 0.5) is 4.79 Å². The molecule has 3 atom stereocenters. The maximum atomic E-state index is 12.4. The number of aliphatic hydroxyl groups excluding tert-OH is 2. The highest BCUT2D eigenvalue weighted by Gasteiger charge is 2.23. The molecule has 0 spiro atoms. The average Bonchev–Trinajstić information content (AvgIpc) is 2.73. The molecular formula is C15H26N2O3S. The van der Waals surface area contributed by atoms with Crippen molar-refractivity contribution < 1.29 is 15.0 Å². The fourth-order valence-electron chi connectivity index (χ4n) is 2.27. The quantitative estimate of drug-likeness (QED) is 0.754. The van der Waals surface area contributed by atoms with Gasteiger partial charge in [0.05, 0.1) is 24.8 Å². The molecule has 2 amide bonds. The predicted molar refractivity (Wildman–Crippen MR) is 85.7 cm³/mol. The first kappa shape index (κ1) is 17.9. The third-order valence-electron chi connectivity index (χ3n) is 3.40. The normalized spacial score (nSPS) is 15.4. The van der Waals surface area contributed by atoms with Crippen LogP contribution in [-0.4, -0.2) is 46.4 Å². The summed E-state index contributed by atoms with van der Waals surface area (Å²) in [6, 6.07) is 1.37. The molecule has 0 aliphatic rings. The molecule has 1 heterocycles. The molecule has 0 aliphatic carbocycles. The summed E-state index contributed by atoms with van der Waals surface area (Å²) in [6.45, 7) is 9.47. The van der Waals surface area contributed by atoms with Gasteiger partial charge >= 0.3 is 6.03 Å². The maximum Gasteiger partial charge on any atom is 0.318 e. The van der Waals surface area contributed by atoms with E-state index in [1.807, 2.05) is 20.8 Å². The summed E-state index contributed by atoms with van der Waals surface area (Å²) >= 11 is 1.71. The third kappa shape index (κ3) is 4.98. The number of nitrogens with one attached hydrogen (secondary N) is 1. The largest absolute Gasteiger partial charge is 0.394 e. The highest BCUT2D eigenvalue weighted by Crippen LogP contribution is 2.26. The highest BCUT2D eigenvalue weighted by molar-refractivity contribution is 7.12. The van der Waals surface area contributed by atoms with Gasteiger partial charge in [0.15, 0.2) is 0 Å². The fraction of sp³-hybridized carbons (Fsp3) is 0.667. The number of thiophene rings is 1. The number of hydrogen-bond acceptors (Lipinski definition) is 4. The smallest absolute Gasteiger partial charge is 0.318 e. The van der Waals surface area contributed by atoms with Gasteiger partial charge in [-0.3, -0.25) is 0 Å². The lowest BCUT2D eigenvalue weighted by atomic mass is 10.1. The average molecular weight is 314 g/mol. The number of carbonyl (C=O) groups is 1. The molecule has 3 unspecified atom stereocenters. The Hall–Kier alpha value is -1.11. The van der Waals surface area contributed by atoms with Gasteiger partial charge in [0, 0.05) is 16.3 Å². The van der Waals surface area contributed by atoms with Gasteiger partial charge in [-0.05, 0) is 46.2 Å². The zero-order valence-electron chi connectivity index (χ0n) is 13.4. The topological polar surface area (TPSA) is 72.8 Å². The molecule has 6 heteroatoms. The van der Waals surface area contributed by atoms with Crippen LogP contribution in [0, 0.1) is 13.8 Å². The Kier molecular flexibility index (Phi) is 6.64. The van der Waals surface area contributed by atoms with Crippen molar-refractivity contribution in [2.45, 2.75) is 52.8 Å². The van der Waals surface area contributed by atoms with Crippen LogP contribution in [0.1, 0.15) is 42.1 Å². The Labute approximate surface area is 130 Å². The van der Waals surface area contributed by atoms with Crippen LogP contribution in [-0.2, 0) is 0 Å². The number of amides is 2. The molecule has 5 nitrogen and oxygen atoms in total. The molecular weight excluding hydrogens is 288 g/mol. The predicted octanol–water partition coefficient (Wildman–Crippen LogP) is 2.20. The lowest BCUT2D eigenvalue weighted by molar-refractivity contribution is 0.0926. The molecule has 1 rings (SSSR count). The summed E-state index contributed by atoms with van der Waals surface area (Å²) in [5, 5.41) is 21.7. The van der Waals surface area contributed by atoms with Crippen LogP contribution in [0.15, 0.2) is 6.07 Å². The lowest BCUT2D eigenvalue weighted by Crippen LogP contribution is -2.49. The SMILES string of the molecule is Cc1cc(C(C)NC(=O)N(CC(C)O)C(C)CO)c(C)s1. The Morgan fingerprint density at radius 2 is 2.00 bits per heavy atom. The Morgan fingerprint density at radius 1 is 1.38 bits per heavy atom. The van der Waals surface area contributed by atoms with Crippen LogP contribution >= 0.6 is 11.3 Å². The first-order valence-electron chi connectivity index (χ1n) is 7.19. The molecule has 1 aromatic heterocycles. The van der Waals surface area contributed by atoms with E-state index in [0.29, 0.717) is 0 Å². The van der Waals surface area contributed by atoms with Crippen LogP contribution in [0.5, 0.6) is 0 Å². The maximum absolute atomic E-state index is 12.4. The fourth-order valence-corrected chi connectivity index (χ4v) is 3.29. The van der Waals surface area contributed by atoms with E-state index in [1.165, 1.54) is 14.7 Å². The monoisotopic (exact) mass is 314 g/mol. The number of nitrogens with zero attached hydrogens (tertiary/aromatic N) is 1. The van der Waals surface area contributed by atoms with Gasteiger partial charge in [0.1, 0.15) is 0 Å². The van der Waals surface area contributed by atoms with Crippen molar-refractivity contribution in [3.63, 3.8) is 0 Å². The van der Waals surface area contributed by atoms with Gasteiger partial charge in [0.2, 0.25) is 0 Å². The molecule has 21 heavy (non-hydrogen) atoms. The summed E-state index contributed by atoms with van der Waals surface area (Å²) in [7, 11) is 0. The summed E-state index contributed by atoms with van der Waals surface area (Å²) < 4.78 is 0. The van der Waals surface area contributed by atoms with Gasteiger partial charge in [-0.1, -0.05) is 0 Å². The first-order valence-corrected chi connectivity index (χ1v) is 8.00. The second-order valence-electron chi connectivity index (χ2n) is 5.57. The summed E-state index contributed by atoms with van der Waals surface area (Å²) in [6.07, 6.45) is -0.634. The van der Waals surface area contributed by atoms with E-state index in [2.05, 4.69) is 11.4 Å². The minimum Gasteiger partial charge on any atom is -0.394 e. The number of hydrogen-bond donors (Lipinski definition) is 3. The van der Waals surface area contributed by atoms with E-state index in [4.69, 9.17) is 0 Å². The molecule has 3 N–H and O–H groups in total. The molecule has 0 radical (unpaired) electrons. The van der Waals surface area contributed by atoms with E-state index in [0.717, 1.165) is 5.56 Å². The van der Waals surface area contributed by atoms with E-state index in [1.54, 1.807) is 25.2 Å². The van der Waals surface area contributed by atoms with Crippen molar-refractivity contribution in [3.05, 3.63) is 21.4 Å². The van der Waals surface area contributed by atoms with Crippen molar-refractivity contribution in [2.75, 3.05) is 13.2 Å². The highest BCUT2D eigenvalue weighted by atomic mass is 32.1. The number of carbonyl (C=O) groups excluding carboxylic acids is 1. The minimum atomic E-state index is -0.634. The summed E-state index contributed by atoms with van der Waals surface area (Å²) in [4.78, 5) is 16.3. The van der Waals surface area contributed by atoms with E-state index in [9.17, 15) is 15.0 Å². The lowest BCUT2D eigenvalue weighted by Gasteiger charge is -2.30. The second kappa shape index (κ2) is 7.77. The van der Waals surface area contributed by atoms with Crippen LogP contribution in [0.25, 0.3) is 0 Å². The van der Waals surface area contributed by atoms with Gasteiger partial charge in [-0.15, -0.1) is 11.3 Å². The summed E-state index contributed by atoms with van der Waals surface area (Å²) in [5.41, 5.74) is 1.11. The van der Waals surface area contributed by atoms with Crippen molar-refractivity contribution in [1.82, 2.24) is 10.2 Å². The standard InChI is InChI=1S/C15H26N2O3S/c1-9(8-18)17(7-10(2)19)15(20)16-12(4)14-6-11(3)21-13(14)5/h6,9-10,12,18-19H,7-8H2,1-5H3,(H,16,20). The van der Waals surface area contributed by atoms with Gasteiger partial charge < -0.3 is 20.4 Å². The molecule has 0 saturated carbocycles. The molecule has 0 saturated heterocycles. The molecule has 0 fully saturated rings. The molecule has 0 aliphatic heterocycles. The molecule has 120 valence electrons. The van der Waals surface area contributed by atoms with Crippen molar-refractivity contribution in [3.8, 4) is 0 Å². The van der Waals surface area contributed by atoms with Gasteiger partial charge in [-0.25, -0.2) is 4.79 Å². The Bertz CT molecular complexity index is 473. The van der Waals surface area contributed by atoms with Crippen molar-refractivity contribution >= 4 is 17.4 Å². The van der Waals surface area contributed by atoms with E-state index >= 15 is 0 Å². The van der Waals surface area contributed by atoms with Crippen LogP contribution < -0.4 is 5.32 Å². The van der Waals surface area contributed by atoms with E-state index in [-0.39, 0.29) is 31.3 Å². The van der Waals surface area contributed by atoms with E-state index < -0.39 is 6.10 Å². The number of urea groups is 1. The molecule has 1 aromatic rings. The zero-order valence-corrected chi connectivity index (χ0v) is 14.2. The van der Waals surface area contributed by atoms with Gasteiger partial charge in [-0.2, -0.15) is 0 Å². The number of aliphatic hydroxyl groups is 2. The third-order valence-corrected chi connectivity index (χ3v) is 4.39. The molecule has 0 aromatic carbocycles. The number of rotatable bonds is 6. The number of aryl methyl sites for hydroxylation is 2. The van der Waals surface area contributed by atoms with Crippen molar-refractivity contribution in [1.29, 1.82) is 0 Å². The van der Waals surface area contributed by atoms with Crippen molar-refractivity contribution in [2.24, 2.45) is 0 Å².